The molecule has 1 saturated carbocycles. The molecule has 1 aliphatic rings. The number of H-pyrrole nitrogens is 1. The predicted molar refractivity (Wildman–Crippen MR) is 57.9 cm³/mol. The predicted octanol–water partition coefficient (Wildman–Crippen LogP) is 0.837. The van der Waals surface area contributed by atoms with Gasteiger partial charge in [0.15, 0.2) is 0 Å². The molecule has 5 heteroatoms. The maximum atomic E-state index is 12.0. The molecular weight excluding hydrogens is 220 g/mol. The van der Waals surface area contributed by atoms with E-state index in [4.69, 9.17) is 4.52 Å². The van der Waals surface area contributed by atoms with Crippen LogP contribution in [0.1, 0.15) is 23.3 Å². The molecule has 1 fully saturated rings. The third-order valence-electron chi connectivity index (χ3n) is 2.84. The zero-order valence-electron chi connectivity index (χ0n) is 9.05. The Kier molecular flexibility index (Phi) is 2.18. The summed E-state index contributed by atoms with van der Waals surface area (Å²) < 4.78 is 6.12. The van der Waals surface area contributed by atoms with Gasteiger partial charge in [0.25, 0.3) is 0 Å². The van der Waals surface area contributed by atoms with Crippen LogP contribution >= 0.6 is 0 Å². The fraction of sp³-hybridized carbons (Fsp3) is 0.250. The molecule has 0 saturated heterocycles. The number of carbonyl (C=O) groups excluding carboxylic acids is 1. The van der Waals surface area contributed by atoms with Crippen molar-refractivity contribution in [3.05, 3.63) is 46.4 Å². The van der Waals surface area contributed by atoms with Gasteiger partial charge in [0.2, 0.25) is 11.5 Å². The maximum Gasteiger partial charge on any atom is 0.438 e. The number of rotatable bonds is 3. The van der Waals surface area contributed by atoms with Crippen LogP contribution in [0.4, 0.5) is 0 Å². The first-order chi connectivity index (χ1) is 8.27. The minimum absolute atomic E-state index is 0.0105. The van der Waals surface area contributed by atoms with Crippen molar-refractivity contribution in [2.75, 3.05) is 0 Å². The Bertz CT molecular complexity index is 608. The molecule has 1 aromatic heterocycles. The van der Waals surface area contributed by atoms with Gasteiger partial charge in [-0.3, -0.25) is 9.32 Å². The molecule has 1 aromatic carbocycles. The number of Topliss-reactive ketones (excluding diaryl/α,β-unsaturated/α-hetero) is 1. The number of nitrogens with zero attached hydrogens (tertiary/aromatic N) is 1. The molecule has 0 atom stereocenters. The van der Waals surface area contributed by atoms with Crippen LogP contribution in [0.2, 0.25) is 0 Å². The Balaban J connectivity index is 2.12. The molecule has 0 amide bonds. The number of carbonyl (C=O) groups is 1. The smallest absolute Gasteiger partial charge is 0.287 e. The zero-order chi connectivity index (χ0) is 11.8. The van der Waals surface area contributed by atoms with Gasteiger partial charge in [0.05, 0.1) is 0 Å². The molecule has 2 aromatic rings. The van der Waals surface area contributed by atoms with Crippen molar-refractivity contribution < 1.29 is 14.0 Å². The van der Waals surface area contributed by atoms with E-state index in [1.807, 2.05) is 18.2 Å². The number of aromatic nitrogens is 2. The van der Waals surface area contributed by atoms with Crippen molar-refractivity contribution in [2.45, 2.75) is 12.8 Å². The summed E-state index contributed by atoms with van der Waals surface area (Å²) in [4.78, 5) is 23.5. The second-order valence-electron chi connectivity index (χ2n) is 4.14. The summed E-state index contributed by atoms with van der Waals surface area (Å²) in [7, 11) is 0. The standard InChI is InChI=1S/C12H10N2O3/c15-11(8-6-7-8)10-12(16)17-13-14(10)9-4-2-1-3-5-9/h1-5,8H,6-7H2/p+1. The van der Waals surface area contributed by atoms with E-state index < -0.39 is 5.63 Å². The van der Waals surface area contributed by atoms with Gasteiger partial charge in [-0.05, 0) is 22.8 Å². The van der Waals surface area contributed by atoms with Crippen LogP contribution in [0.5, 0.6) is 0 Å². The van der Waals surface area contributed by atoms with Crippen molar-refractivity contribution in [2.24, 2.45) is 5.92 Å². The lowest BCUT2D eigenvalue weighted by Crippen LogP contribution is -2.41. The molecule has 17 heavy (non-hydrogen) atoms. The number of para-hydroxylation sites is 1. The van der Waals surface area contributed by atoms with E-state index in [0.717, 1.165) is 12.8 Å². The van der Waals surface area contributed by atoms with Gasteiger partial charge < -0.3 is 0 Å². The van der Waals surface area contributed by atoms with E-state index in [2.05, 4.69) is 5.27 Å². The number of benzene rings is 1. The largest absolute Gasteiger partial charge is 0.438 e. The molecule has 5 nitrogen and oxygen atoms in total. The van der Waals surface area contributed by atoms with Gasteiger partial charge in [-0.15, -0.1) is 0 Å². The van der Waals surface area contributed by atoms with Crippen LogP contribution in [0.3, 0.4) is 0 Å². The van der Waals surface area contributed by atoms with E-state index in [9.17, 15) is 9.59 Å². The highest BCUT2D eigenvalue weighted by Crippen LogP contribution is 2.31. The molecule has 0 bridgehead atoms. The molecule has 3 rings (SSSR count). The highest BCUT2D eigenvalue weighted by Gasteiger charge is 2.40. The Morgan fingerprint density at radius 2 is 2.00 bits per heavy atom. The lowest BCUT2D eigenvalue weighted by atomic mass is 10.2. The van der Waals surface area contributed by atoms with Crippen LogP contribution in [-0.4, -0.2) is 11.1 Å². The van der Waals surface area contributed by atoms with Gasteiger partial charge in [0.1, 0.15) is 0 Å². The fourth-order valence-corrected chi connectivity index (χ4v) is 1.78. The van der Waals surface area contributed by atoms with Gasteiger partial charge in [-0.25, -0.2) is 4.79 Å². The summed E-state index contributed by atoms with van der Waals surface area (Å²) in [6.45, 7) is 0. The molecular formula is C12H11N2O3+. The molecule has 0 unspecified atom stereocenters. The Morgan fingerprint density at radius 3 is 2.65 bits per heavy atom. The summed E-state index contributed by atoms with van der Waals surface area (Å²) in [5.41, 5.74) is 0.187. The highest BCUT2D eigenvalue weighted by molar-refractivity contribution is 5.96. The van der Waals surface area contributed by atoms with Gasteiger partial charge in [-0.1, -0.05) is 18.2 Å². The molecule has 0 aliphatic heterocycles. The average molecular weight is 231 g/mol. The number of ketones is 1. The van der Waals surface area contributed by atoms with E-state index in [1.165, 1.54) is 4.68 Å². The van der Waals surface area contributed by atoms with Crippen molar-refractivity contribution in [1.29, 1.82) is 0 Å². The Morgan fingerprint density at radius 1 is 1.29 bits per heavy atom. The normalized spacial score (nSPS) is 14.8. The average Bonchev–Trinajstić information content (AvgIpc) is 3.13. The number of aromatic amines is 1. The number of nitrogens with one attached hydrogen (secondary N) is 1. The molecule has 1 heterocycles. The van der Waals surface area contributed by atoms with Crippen LogP contribution < -0.4 is 10.3 Å². The Labute approximate surface area is 96.6 Å². The second-order valence-corrected chi connectivity index (χ2v) is 4.14. The third kappa shape index (κ3) is 1.69. The minimum Gasteiger partial charge on any atom is -0.287 e. The quantitative estimate of drug-likeness (QED) is 0.628. The third-order valence-corrected chi connectivity index (χ3v) is 2.84. The lowest BCUT2D eigenvalue weighted by Gasteiger charge is -1.91. The van der Waals surface area contributed by atoms with Crippen LogP contribution in [0, 0.1) is 5.92 Å². The Hall–Kier alpha value is -2.17. The van der Waals surface area contributed by atoms with Gasteiger partial charge in [-0.2, -0.15) is 0 Å². The van der Waals surface area contributed by atoms with Crippen LogP contribution in [-0.2, 0) is 0 Å². The zero-order valence-corrected chi connectivity index (χ0v) is 9.05. The van der Waals surface area contributed by atoms with Gasteiger partial charge >= 0.3 is 11.3 Å². The number of hydrogen-bond acceptors (Lipinski definition) is 3. The first-order valence-electron chi connectivity index (χ1n) is 5.50. The molecule has 1 aliphatic carbocycles. The SMILES string of the molecule is O=C(c1c(=O)o[nH][n+]1-c1ccccc1)C1CC1. The van der Waals surface area contributed by atoms with E-state index in [1.54, 1.807) is 12.1 Å². The summed E-state index contributed by atoms with van der Waals surface area (Å²) in [5, 5.41) is 2.46. The first-order valence-corrected chi connectivity index (χ1v) is 5.50. The first kappa shape index (κ1) is 10.0. The number of hydrogen-bond donors (Lipinski definition) is 1. The summed E-state index contributed by atoms with van der Waals surface area (Å²) in [6.07, 6.45) is 1.72. The van der Waals surface area contributed by atoms with Crippen molar-refractivity contribution in [3.8, 4) is 5.69 Å². The summed E-state index contributed by atoms with van der Waals surface area (Å²) in [5.74, 6) is -0.146. The minimum atomic E-state index is -0.606. The summed E-state index contributed by atoms with van der Waals surface area (Å²) in [6, 6.07) is 9.13. The second kappa shape index (κ2) is 3.69. The van der Waals surface area contributed by atoms with Crippen LogP contribution in [0.15, 0.2) is 39.6 Å². The van der Waals surface area contributed by atoms with E-state index >= 15 is 0 Å². The molecule has 86 valence electrons. The monoisotopic (exact) mass is 231 g/mol. The van der Waals surface area contributed by atoms with E-state index in [-0.39, 0.29) is 17.4 Å². The van der Waals surface area contributed by atoms with Crippen molar-refractivity contribution in [1.82, 2.24) is 5.27 Å². The van der Waals surface area contributed by atoms with Gasteiger partial charge in [0, 0.05) is 18.1 Å². The topological polar surface area (TPSA) is 67.0 Å². The van der Waals surface area contributed by atoms with Crippen LogP contribution in [0.25, 0.3) is 5.69 Å². The lowest BCUT2D eigenvalue weighted by molar-refractivity contribution is -0.672. The molecule has 0 spiro atoms. The van der Waals surface area contributed by atoms with Crippen molar-refractivity contribution >= 4 is 5.78 Å². The highest BCUT2D eigenvalue weighted by atomic mass is 16.5. The maximum absolute atomic E-state index is 12.0. The van der Waals surface area contributed by atoms with Crippen molar-refractivity contribution in [3.63, 3.8) is 0 Å². The summed E-state index contributed by atoms with van der Waals surface area (Å²) >= 11 is 0. The van der Waals surface area contributed by atoms with E-state index in [0.29, 0.717) is 5.69 Å². The fourth-order valence-electron chi connectivity index (χ4n) is 1.78. The molecule has 1 N–H and O–H groups in total. The molecule has 0 radical (unpaired) electrons.